The normalized spacial score (nSPS) is 19.6. The van der Waals surface area contributed by atoms with E-state index in [0.717, 1.165) is 10.7 Å². The van der Waals surface area contributed by atoms with Crippen molar-refractivity contribution in [1.29, 1.82) is 0 Å². The van der Waals surface area contributed by atoms with Crippen molar-refractivity contribution < 1.29 is 0 Å². The van der Waals surface area contributed by atoms with Crippen LogP contribution < -0.4 is 0 Å². The molecule has 2 aliphatic rings. The van der Waals surface area contributed by atoms with Gasteiger partial charge in [0, 0.05) is 10.7 Å². The molecule has 0 atom stereocenters. The SMILES string of the molecule is BrCCCCCBr.CN1CCCC1.CN1CCCC1. The van der Waals surface area contributed by atoms with E-state index in [9.17, 15) is 0 Å². The molecule has 2 heterocycles. The Bertz CT molecular complexity index is 150. The maximum absolute atomic E-state index is 3.36. The van der Waals surface area contributed by atoms with Gasteiger partial charge in [-0.15, -0.1) is 0 Å². The molecule has 2 saturated heterocycles. The third kappa shape index (κ3) is 15.1. The first-order valence-electron chi connectivity index (χ1n) is 7.69. The molecule has 2 fully saturated rings. The molecule has 0 amide bonds. The van der Waals surface area contributed by atoms with E-state index in [2.05, 4.69) is 55.8 Å². The molecule has 19 heavy (non-hydrogen) atoms. The van der Waals surface area contributed by atoms with Crippen LogP contribution in [0.2, 0.25) is 0 Å². The Hall–Kier alpha value is 0.880. The van der Waals surface area contributed by atoms with Gasteiger partial charge in [0.25, 0.3) is 0 Å². The van der Waals surface area contributed by atoms with Crippen molar-refractivity contribution in [2.24, 2.45) is 0 Å². The van der Waals surface area contributed by atoms with Crippen LogP contribution in [0.3, 0.4) is 0 Å². The molecule has 2 aliphatic heterocycles. The molecule has 0 N–H and O–H groups in total. The highest BCUT2D eigenvalue weighted by molar-refractivity contribution is 9.09. The first-order chi connectivity index (χ1) is 9.20. The van der Waals surface area contributed by atoms with Crippen LogP contribution in [0.15, 0.2) is 0 Å². The Balaban J connectivity index is 0.000000256. The Labute approximate surface area is 137 Å². The minimum atomic E-state index is 1.15. The molecule has 0 aromatic heterocycles. The third-order valence-electron chi connectivity index (χ3n) is 3.43. The van der Waals surface area contributed by atoms with Crippen LogP contribution in [-0.2, 0) is 0 Å². The van der Waals surface area contributed by atoms with Crippen molar-refractivity contribution in [3.63, 3.8) is 0 Å². The van der Waals surface area contributed by atoms with E-state index < -0.39 is 0 Å². The number of hydrogen-bond acceptors (Lipinski definition) is 2. The van der Waals surface area contributed by atoms with E-state index in [1.807, 2.05) is 0 Å². The second-order valence-electron chi connectivity index (χ2n) is 5.46. The van der Waals surface area contributed by atoms with Gasteiger partial charge in [-0.2, -0.15) is 0 Å². The summed E-state index contributed by atoms with van der Waals surface area (Å²) in [6.45, 7) is 5.28. The van der Waals surface area contributed by atoms with Gasteiger partial charge < -0.3 is 9.80 Å². The van der Waals surface area contributed by atoms with Gasteiger partial charge in [-0.1, -0.05) is 38.3 Å². The second-order valence-corrected chi connectivity index (χ2v) is 7.05. The summed E-state index contributed by atoms with van der Waals surface area (Å²) in [5.41, 5.74) is 0. The highest BCUT2D eigenvalue weighted by Crippen LogP contribution is 2.02. The lowest BCUT2D eigenvalue weighted by molar-refractivity contribution is 0.418. The number of rotatable bonds is 4. The van der Waals surface area contributed by atoms with Crippen LogP contribution >= 0.6 is 31.9 Å². The molecule has 2 rings (SSSR count). The lowest BCUT2D eigenvalue weighted by Gasteiger charge is -2.01. The first-order valence-corrected chi connectivity index (χ1v) is 9.94. The van der Waals surface area contributed by atoms with Gasteiger partial charge in [-0.25, -0.2) is 0 Å². The smallest absolute Gasteiger partial charge is 0.00313 e. The predicted molar refractivity (Wildman–Crippen MR) is 94.9 cm³/mol. The Kier molecular flexibility index (Phi) is 16.0. The molecule has 0 unspecified atom stereocenters. The van der Waals surface area contributed by atoms with Crippen molar-refractivity contribution in [3.8, 4) is 0 Å². The third-order valence-corrected chi connectivity index (χ3v) is 4.55. The van der Waals surface area contributed by atoms with E-state index in [1.165, 1.54) is 71.1 Å². The van der Waals surface area contributed by atoms with Crippen LogP contribution in [0.4, 0.5) is 0 Å². The van der Waals surface area contributed by atoms with Gasteiger partial charge in [0.1, 0.15) is 0 Å². The van der Waals surface area contributed by atoms with Crippen molar-refractivity contribution in [1.82, 2.24) is 9.80 Å². The molecule has 0 spiro atoms. The van der Waals surface area contributed by atoms with Gasteiger partial charge in [-0.05, 0) is 78.8 Å². The minimum Gasteiger partial charge on any atom is -0.306 e. The maximum atomic E-state index is 3.36. The number of alkyl halides is 2. The van der Waals surface area contributed by atoms with E-state index in [-0.39, 0.29) is 0 Å². The van der Waals surface area contributed by atoms with Crippen molar-refractivity contribution in [2.75, 3.05) is 50.9 Å². The fourth-order valence-corrected chi connectivity index (χ4v) is 2.91. The summed E-state index contributed by atoms with van der Waals surface area (Å²) in [4.78, 5) is 4.72. The maximum Gasteiger partial charge on any atom is 0.00313 e. The highest BCUT2D eigenvalue weighted by Gasteiger charge is 2.03. The van der Waals surface area contributed by atoms with E-state index in [1.54, 1.807) is 0 Å². The van der Waals surface area contributed by atoms with E-state index in [0.29, 0.717) is 0 Å². The summed E-state index contributed by atoms with van der Waals surface area (Å²) in [5, 5.41) is 2.31. The predicted octanol–water partition coefficient (Wildman–Crippen LogP) is 4.37. The van der Waals surface area contributed by atoms with Gasteiger partial charge >= 0.3 is 0 Å². The quantitative estimate of drug-likeness (QED) is 0.511. The molecule has 2 nitrogen and oxygen atoms in total. The number of halogens is 2. The average Bonchev–Trinajstić information content (AvgIpc) is 3.05. The second kappa shape index (κ2) is 15.3. The standard InChI is InChI=1S/C5H10Br2.2C5H11N/c6-4-2-1-3-5-7;2*1-6-4-2-3-5-6/h1-5H2;2*2-5H2,1H3. The Morgan fingerprint density at radius 2 is 0.947 bits per heavy atom. The molecular formula is C15H32Br2N2. The molecule has 0 aromatic rings. The van der Waals surface area contributed by atoms with Gasteiger partial charge in [-0.3, -0.25) is 0 Å². The Morgan fingerprint density at radius 1 is 0.632 bits per heavy atom. The number of likely N-dealkylation sites (tertiary alicyclic amines) is 2. The lowest BCUT2D eigenvalue weighted by atomic mass is 10.3. The summed E-state index contributed by atoms with van der Waals surface area (Å²) in [6, 6.07) is 0. The molecular weight excluding hydrogens is 368 g/mol. The molecule has 0 aliphatic carbocycles. The zero-order valence-electron chi connectivity index (χ0n) is 12.8. The highest BCUT2D eigenvalue weighted by atomic mass is 79.9. The zero-order chi connectivity index (χ0) is 14.3. The molecule has 4 heteroatoms. The monoisotopic (exact) mass is 398 g/mol. The lowest BCUT2D eigenvalue weighted by Crippen LogP contribution is -2.10. The van der Waals surface area contributed by atoms with Gasteiger partial charge in [0.15, 0.2) is 0 Å². The van der Waals surface area contributed by atoms with Crippen LogP contribution in [0.1, 0.15) is 44.9 Å². The Morgan fingerprint density at radius 3 is 1.11 bits per heavy atom. The van der Waals surface area contributed by atoms with Crippen LogP contribution in [0.25, 0.3) is 0 Å². The molecule has 0 aromatic carbocycles. The summed E-state index contributed by atoms with van der Waals surface area (Å²) < 4.78 is 0. The molecule has 0 bridgehead atoms. The largest absolute Gasteiger partial charge is 0.306 e. The summed E-state index contributed by atoms with van der Waals surface area (Å²) in [6.07, 6.45) is 9.62. The number of unbranched alkanes of at least 4 members (excludes halogenated alkanes) is 2. The minimum absolute atomic E-state index is 1.15. The number of hydrogen-bond donors (Lipinski definition) is 0. The molecule has 0 radical (unpaired) electrons. The topological polar surface area (TPSA) is 6.48 Å². The summed E-state index contributed by atoms with van der Waals surface area (Å²) in [5.74, 6) is 0. The fourth-order valence-electron chi connectivity index (χ4n) is 2.12. The summed E-state index contributed by atoms with van der Waals surface area (Å²) >= 11 is 6.73. The van der Waals surface area contributed by atoms with Crippen LogP contribution in [0.5, 0.6) is 0 Å². The number of nitrogens with zero attached hydrogens (tertiary/aromatic N) is 2. The van der Waals surface area contributed by atoms with Crippen LogP contribution in [0, 0.1) is 0 Å². The molecule has 0 saturated carbocycles. The van der Waals surface area contributed by atoms with Gasteiger partial charge in [0.05, 0.1) is 0 Å². The first kappa shape index (κ1) is 19.9. The van der Waals surface area contributed by atoms with E-state index in [4.69, 9.17) is 0 Å². The summed E-state index contributed by atoms with van der Waals surface area (Å²) in [7, 11) is 4.35. The fraction of sp³-hybridized carbons (Fsp3) is 1.00. The average molecular weight is 400 g/mol. The van der Waals surface area contributed by atoms with Crippen molar-refractivity contribution >= 4 is 31.9 Å². The van der Waals surface area contributed by atoms with Crippen LogP contribution in [-0.4, -0.2) is 60.7 Å². The van der Waals surface area contributed by atoms with Crippen molar-refractivity contribution in [3.05, 3.63) is 0 Å². The van der Waals surface area contributed by atoms with E-state index >= 15 is 0 Å². The van der Waals surface area contributed by atoms with Crippen molar-refractivity contribution in [2.45, 2.75) is 44.9 Å². The molecule has 116 valence electrons. The zero-order valence-corrected chi connectivity index (χ0v) is 16.0. The van der Waals surface area contributed by atoms with Gasteiger partial charge in [0.2, 0.25) is 0 Å².